The van der Waals surface area contributed by atoms with Gasteiger partial charge in [-0.2, -0.15) is 0 Å². The summed E-state index contributed by atoms with van der Waals surface area (Å²) in [5.74, 6) is 0. The molecule has 0 aromatic carbocycles. The Hall–Kier alpha value is -0.610. The van der Waals surface area contributed by atoms with Crippen LogP contribution < -0.4 is 5.32 Å². The van der Waals surface area contributed by atoms with Crippen LogP contribution in [0.1, 0.15) is 47.5 Å². The summed E-state index contributed by atoms with van der Waals surface area (Å²) in [5, 5.41) is 3.63. The van der Waals surface area contributed by atoms with Gasteiger partial charge in [0, 0.05) is 30.3 Å². The fourth-order valence-corrected chi connectivity index (χ4v) is 3.14. The molecule has 1 N–H and O–H groups in total. The Morgan fingerprint density at radius 2 is 1.83 bits per heavy atom. The Kier molecular flexibility index (Phi) is 5.17. The molecule has 0 spiro atoms. The highest BCUT2D eigenvalue weighted by molar-refractivity contribution is 5.48. The van der Waals surface area contributed by atoms with Crippen molar-refractivity contribution < 1.29 is 9.53 Å². The molecule has 1 aliphatic rings. The van der Waals surface area contributed by atoms with Gasteiger partial charge in [0.25, 0.3) is 0 Å². The van der Waals surface area contributed by atoms with Gasteiger partial charge in [0.05, 0.1) is 6.61 Å². The highest BCUT2D eigenvalue weighted by Gasteiger charge is 2.39. The topological polar surface area (TPSA) is 41.6 Å². The summed E-state index contributed by atoms with van der Waals surface area (Å²) < 4.78 is 5.34. The smallest absolute Gasteiger partial charge is 0.210 e. The lowest BCUT2D eigenvalue weighted by Crippen LogP contribution is -2.62. The van der Waals surface area contributed by atoms with Gasteiger partial charge in [0.1, 0.15) is 0 Å². The minimum atomic E-state index is 0.0687. The first-order chi connectivity index (χ1) is 8.29. The molecule has 1 amide bonds. The first-order valence-corrected chi connectivity index (χ1v) is 6.88. The number of nitrogens with zero attached hydrogens (tertiary/aromatic N) is 1. The Balaban J connectivity index is 2.64. The molecule has 0 aromatic heterocycles. The van der Waals surface area contributed by atoms with Crippen molar-refractivity contribution in [1.82, 2.24) is 10.2 Å². The van der Waals surface area contributed by atoms with Crippen LogP contribution in [0.3, 0.4) is 0 Å². The predicted molar refractivity (Wildman–Crippen MR) is 73.6 cm³/mol. The van der Waals surface area contributed by atoms with Crippen molar-refractivity contribution in [1.29, 1.82) is 0 Å². The van der Waals surface area contributed by atoms with Gasteiger partial charge in [0.15, 0.2) is 0 Å². The van der Waals surface area contributed by atoms with Crippen LogP contribution in [0.25, 0.3) is 0 Å². The maximum absolute atomic E-state index is 11.3. The van der Waals surface area contributed by atoms with E-state index in [2.05, 4.69) is 33.0 Å². The number of ether oxygens (including phenoxy) is 1. The maximum Gasteiger partial charge on any atom is 0.210 e. The molecule has 4 nitrogen and oxygen atoms in total. The van der Waals surface area contributed by atoms with Crippen molar-refractivity contribution in [2.75, 3.05) is 19.8 Å². The number of piperidine rings is 1. The van der Waals surface area contributed by atoms with Crippen molar-refractivity contribution in [2.45, 2.75) is 64.6 Å². The molecule has 0 saturated carbocycles. The summed E-state index contributed by atoms with van der Waals surface area (Å²) in [7, 11) is 0. The fraction of sp³-hybridized carbons (Fsp3) is 0.929. The minimum Gasteiger partial charge on any atom is -0.380 e. The fourth-order valence-electron chi connectivity index (χ4n) is 3.14. The molecular weight excluding hydrogens is 228 g/mol. The lowest BCUT2D eigenvalue weighted by Gasteiger charge is -2.48. The molecule has 0 unspecified atom stereocenters. The number of rotatable bonds is 6. The van der Waals surface area contributed by atoms with E-state index in [1.54, 1.807) is 0 Å². The second-order valence-electron chi connectivity index (χ2n) is 6.49. The van der Waals surface area contributed by atoms with Gasteiger partial charge in [0.2, 0.25) is 6.41 Å². The van der Waals surface area contributed by atoms with E-state index in [1.807, 2.05) is 11.8 Å². The lowest BCUT2D eigenvalue weighted by atomic mass is 9.79. The van der Waals surface area contributed by atoms with E-state index in [4.69, 9.17) is 4.74 Å². The molecule has 0 bridgehead atoms. The summed E-state index contributed by atoms with van der Waals surface area (Å²) in [4.78, 5) is 13.2. The van der Waals surface area contributed by atoms with Gasteiger partial charge in [-0.15, -0.1) is 0 Å². The van der Waals surface area contributed by atoms with E-state index in [0.29, 0.717) is 25.8 Å². The molecule has 4 heteroatoms. The van der Waals surface area contributed by atoms with Crippen LogP contribution in [0.5, 0.6) is 0 Å². The number of amides is 1. The van der Waals surface area contributed by atoms with Crippen LogP contribution in [-0.4, -0.2) is 48.2 Å². The molecule has 1 rings (SSSR count). The Morgan fingerprint density at radius 3 is 2.28 bits per heavy atom. The van der Waals surface area contributed by atoms with Crippen LogP contribution in [0, 0.1) is 0 Å². The molecule has 1 saturated heterocycles. The van der Waals surface area contributed by atoms with E-state index >= 15 is 0 Å². The van der Waals surface area contributed by atoms with E-state index < -0.39 is 0 Å². The average molecular weight is 256 g/mol. The highest BCUT2D eigenvalue weighted by atomic mass is 16.5. The quantitative estimate of drug-likeness (QED) is 0.582. The lowest BCUT2D eigenvalue weighted by molar-refractivity contribution is -0.122. The predicted octanol–water partition coefficient (Wildman–Crippen LogP) is 1.79. The molecule has 106 valence electrons. The van der Waals surface area contributed by atoms with E-state index in [-0.39, 0.29) is 11.1 Å². The van der Waals surface area contributed by atoms with Gasteiger partial charge >= 0.3 is 0 Å². The number of carbonyl (C=O) groups is 1. The number of hydrogen-bond donors (Lipinski definition) is 1. The van der Waals surface area contributed by atoms with Crippen LogP contribution in [0.4, 0.5) is 0 Å². The van der Waals surface area contributed by atoms with Gasteiger partial charge in [-0.1, -0.05) is 0 Å². The summed E-state index contributed by atoms with van der Waals surface area (Å²) in [6, 6.07) is 0.300. The van der Waals surface area contributed by atoms with E-state index in [1.165, 1.54) is 0 Å². The Morgan fingerprint density at radius 1 is 1.28 bits per heavy atom. The molecule has 0 atom stereocenters. The van der Waals surface area contributed by atoms with Gasteiger partial charge in [-0.3, -0.25) is 4.79 Å². The first-order valence-electron chi connectivity index (χ1n) is 6.88. The van der Waals surface area contributed by atoms with Crippen LogP contribution >= 0.6 is 0 Å². The van der Waals surface area contributed by atoms with Gasteiger partial charge in [-0.05, 0) is 47.5 Å². The second kappa shape index (κ2) is 6.02. The maximum atomic E-state index is 11.3. The average Bonchev–Trinajstić information content (AvgIpc) is 2.20. The summed E-state index contributed by atoms with van der Waals surface area (Å²) in [6.45, 7) is 12.8. The third-order valence-electron chi connectivity index (χ3n) is 3.47. The zero-order valence-corrected chi connectivity index (χ0v) is 12.5. The zero-order valence-electron chi connectivity index (χ0n) is 12.5. The normalized spacial score (nSPS) is 22.7. The molecule has 18 heavy (non-hydrogen) atoms. The second-order valence-corrected chi connectivity index (χ2v) is 6.49. The standard InChI is InChI=1S/C14H28N2O2/c1-6-18-8-7-16(11-17)12-9-13(2,3)15-14(4,5)10-12/h11-12,15H,6-10H2,1-5H3. The Bertz CT molecular complexity index is 261. The summed E-state index contributed by atoms with van der Waals surface area (Å²) in [6.07, 6.45) is 2.95. The van der Waals surface area contributed by atoms with E-state index in [9.17, 15) is 4.79 Å². The van der Waals surface area contributed by atoms with Crippen LogP contribution in [0.2, 0.25) is 0 Å². The van der Waals surface area contributed by atoms with Crippen molar-refractivity contribution in [3.63, 3.8) is 0 Å². The molecule has 1 aliphatic heterocycles. The number of hydrogen-bond acceptors (Lipinski definition) is 3. The first kappa shape index (κ1) is 15.4. The van der Waals surface area contributed by atoms with Crippen LogP contribution in [-0.2, 0) is 9.53 Å². The van der Waals surface area contributed by atoms with E-state index in [0.717, 1.165) is 19.3 Å². The molecule has 1 fully saturated rings. The number of carbonyl (C=O) groups excluding carboxylic acids is 1. The molecular formula is C14H28N2O2. The summed E-state index contributed by atoms with van der Waals surface area (Å²) in [5.41, 5.74) is 0.137. The zero-order chi connectivity index (χ0) is 13.8. The molecule has 0 aliphatic carbocycles. The van der Waals surface area contributed by atoms with Crippen molar-refractivity contribution in [3.05, 3.63) is 0 Å². The van der Waals surface area contributed by atoms with Crippen LogP contribution in [0.15, 0.2) is 0 Å². The van der Waals surface area contributed by atoms with Crippen molar-refractivity contribution in [3.8, 4) is 0 Å². The van der Waals surface area contributed by atoms with Crippen molar-refractivity contribution in [2.24, 2.45) is 0 Å². The SMILES string of the molecule is CCOCCN(C=O)C1CC(C)(C)NC(C)(C)C1. The Labute approximate surface area is 111 Å². The van der Waals surface area contributed by atoms with Gasteiger partial charge in [-0.25, -0.2) is 0 Å². The van der Waals surface area contributed by atoms with Gasteiger partial charge < -0.3 is 15.0 Å². The van der Waals surface area contributed by atoms with Crippen molar-refractivity contribution >= 4 is 6.41 Å². The largest absolute Gasteiger partial charge is 0.380 e. The highest BCUT2D eigenvalue weighted by Crippen LogP contribution is 2.30. The minimum absolute atomic E-state index is 0.0687. The summed E-state index contributed by atoms with van der Waals surface area (Å²) >= 11 is 0. The molecule has 1 heterocycles. The third-order valence-corrected chi connectivity index (χ3v) is 3.47. The molecule has 0 radical (unpaired) electrons. The number of nitrogens with one attached hydrogen (secondary N) is 1. The molecule has 0 aromatic rings. The monoisotopic (exact) mass is 256 g/mol. The third kappa shape index (κ3) is 4.58.